The van der Waals surface area contributed by atoms with Gasteiger partial charge in [-0.1, -0.05) is 31.5 Å². The van der Waals surface area contributed by atoms with Crippen molar-refractivity contribution in [3.05, 3.63) is 30.3 Å². The second kappa shape index (κ2) is 7.22. The van der Waals surface area contributed by atoms with E-state index in [4.69, 9.17) is 4.74 Å². The van der Waals surface area contributed by atoms with Gasteiger partial charge in [0.15, 0.2) is 5.44 Å². The first kappa shape index (κ1) is 13.9. The summed E-state index contributed by atoms with van der Waals surface area (Å²) >= 11 is 1.24. The number of hydrogen-bond donors (Lipinski definition) is 0. The predicted octanol–water partition coefficient (Wildman–Crippen LogP) is 3.61. The number of para-hydroxylation sites is 1. The summed E-state index contributed by atoms with van der Waals surface area (Å²) in [4.78, 5) is 13.2. The number of ether oxygens (including phenoxy) is 1. The Labute approximate surface area is 107 Å². The van der Waals surface area contributed by atoms with Gasteiger partial charge in [-0.15, -0.1) is 0 Å². The van der Waals surface area contributed by atoms with Gasteiger partial charge in [-0.2, -0.15) is 0 Å². The van der Waals surface area contributed by atoms with Crippen molar-refractivity contribution in [1.29, 1.82) is 0 Å². The van der Waals surface area contributed by atoms with Crippen molar-refractivity contribution < 1.29 is 9.53 Å². The van der Waals surface area contributed by atoms with Gasteiger partial charge in [0.05, 0.1) is 0 Å². The molecular weight excluding hydrogens is 234 g/mol. The van der Waals surface area contributed by atoms with E-state index in [2.05, 4.69) is 6.92 Å². The Morgan fingerprint density at radius 1 is 1.35 bits per heavy atom. The third-order valence-electron chi connectivity index (χ3n) is 2.13. The molecule has 0 spiro atoms. The molecule has 0 radical (unpaired) electrons. The first-order chi connectivity index (χ1) is 8.13. The largest absolute Gasteiger partial charge is 0.479 e. The Morgan fingerprint density at radius 2 is 2.00 bits per heavy atom. The minimum Gasteiger partial charge on any atom is -0.479 e. The van der Waals surface area contributed by atoms with Crippen LogP contribution >= 0.6 is 11.8 Å². The highest BCUT2D eigenvalue weighted by atomic mass is 32.2. The number of thioether (sulfide) groups is 1. The van der Waals surface area contributed by atoms with E-state index in [0.717, 1.165) is 18.6 Å². The zero-order valence-corrected chi connectivity index (χ0v) is 11.4. The summed E-state index contributed by atoms with van der Waals surface area (Å²) in [5.74, 6) is 0.810. The third kappa shape index (κ3) is 5.13. The Hall–Kier alpha value is -1.16. The SMILES string of the molecule is CCCC(Oc1ccccc1)SC(=O)N(C)C. The van der Waals surface area contributed by atoms with Crippen LogP contribution in [0.1, 0.15) is 19.8 Å². The van der Waals surface area contributed by atoms with Crippen molar-refractivity contribution in [1.82, 2.24) is 4.90 Å². The summed E-state index contributed by atoms with van der Waals surface area (Å²) in [7, 11) is 3.50. The highest BCUT2D eigenvalue weighted by Gasteiger charge is 2.16. The molecule has 1 unspecified atom stereocenters. The monoisotopic (exact) mass is 253 g/mol. The number of carbonyl (C=O) groups is 1. The van der Waals surface area contributed by atoms with E-state index in [0.29, 0.717) is 0 Å². The summed E-state index contributed by atoms with van der Waals surface area (Å²) in [6.45, 7) is 2.09. The fourth-order valence-electron chi connectivity index (χ4n) is 1.25. The number of benzene rings is 1. The average Bonchev–Trinajstić information content (AvgIpc) is 2.30. The van der Waals surface area contributed by atoms with Crippen LogP contribution in [0.3, 0.4) is 0 Å². The van der Waals surface area contributed by atoms with E-state index in [9.17, 15) is 4.79 Å². The molecule has 0 bridgehead atoms. The van der Waals surface area contributed by atoms with E-state index in [1.165, 1.54) is 11.8 Å². The molecular formula is C13H19NO2S. The molecule has 4 heteroatoms. The number of hydrogen-bond acceptors (Lipinski definition) is 3. The van der Waals surface area contributed by atoms with Gasteiger partial charge >= 0.3 is 0 Å². The molecule has 1 rings (SSSR count). The Morgan fingerprint density at radius 3 is 2.53 bits per heavy atom. The molecule has 0 saturated carbocycles. The zero-order chi connectivity index (χ0) is 12.7. The van der Waals surface area contributed by atoms with Gasteiger partial charge in [0, 0.05) is 14.1 Å². The van der Waals surface area contributed by atoms with Crippen molar-refractivity contribution in [2.24, 2.45) is 0 Å². The van der Waals surface area contributed by atoms with Crippen LogP contribution in [0.5, 0.6) is 5.75 Å². The van der Waals surface area contributed by atoms with Crippen LogP contribution in [0.2, 0.25) is 0 Å². The van der Waals surface area contributed by atoms with E-state index in [-0.39, 0.29) is 10.7 Å². The van der Waals surface area contributed by atoms with Gasteiger partial charge in [-0.3, -0.25) is 4.79 Å². The van der Waals surface area contributed by atoms with Gasteiger partial charge in [0.1, 0.15) is 5.75 Å². The lowest BCUT2D eigenvalue weighted by molar-refractivity contribution is 0.238. The first-order valence-corrected chi connectivity index (χ1v) is 6.61. The van der Waals surface area contributed by atoms with Crippen molar-refractivity contribution in [2.45, 2.75) is 25.2 Å². The maximum absolute atomic E-state index is 11.6. The molecule has 1 aromatic rings. The number of nitrogens with zero attached hydrogens (tertiary/aromatic N) is 1. The van der Waals surface area contributed by atoms with E-state index in [1.54, 1.807) is 19.0 Å². The molecule has 0 saturated heterocycles. The minimum atomic E-state index is -0.114. The van der Waals surface area contributed by atoms with Crippen molar-refractivity contribution in [3.63, 3.8) is 0 Å². The molecule has 0 heterocycles. The lowest BCUT2D eigenvalue weighted by Crippen LogP contribution is -2.22. The summed E-state index contributed by atoms with van der Waals surface area (Å²) in [6, 6.07) is 9.61. The molecule has 0 N–H and O–H groups in total. The molecule has 3 nitrogen and oxygen atoms in total. The van der Waals surface area contributed by atoms with Gasteiger partial charge in [-0.05, 0) is 30.3 Å². The molecule has 1 aromatic carbocycles. The molecule has 0 aliphatic heterocycles. The fourth-order valence-corrected chi connectivity index (χ4v) is 2.19. The summed E-state index contributed by atoms with van der Waals surface area (Å²) in [5.41, 5.74) is -0.114. The average molecular weight is 253 g/mol. The molecule has 17 heavy (non-hydrogen) atoms. The Kier molecular flexibility index (Phi) is 5.91. The van der Waals surface area contributed by atoms with Crippen LogP contribution in [0.4, 0.5) is 4.79 Å². The van der Waals surface area contributed by atoms with Crippen molar-refractivity contribution >= 4 is 17.0 Å². The standard InChI is InChI=1S/C13H19NO2S/c1-4-8-12(17-13(15)14(2)3)16-11-9-6-5-7-10-11/h5-7,9-10,12H,4,8H2,1-3H3. The van der Waals surface area contributed by atoms with E-state index >= 15 is 0 Å². The number of amides is 1. The van der Waals surface area contributed by atoms with Crippen LogP contribution in [0.15, 0.2) is 30.3 Å². The zero-order valence-electron chi connectivity index (χ0n) is 10.6. The maximum Gasteiger partial charge on any atom is 0.284 e. The van der Waals surface area contributed by atoms with E-state index < -0.39 is 0 Å². The molecule has 0 fully saturated rings. The van der Waals surface area contributed by atoms with Crippen LogP contribution in [0, 0.1) is 0 Å². The molecule has 1 atom stereocenters. The number of carbonyl (C=O) groups excluding carboxylic acids is 1. The quantitative estimate of drug-likeness (QED) is 0.751. The van der Waals surface area contributed by atoms with Crippen molar-refractivity contribution in [2.75, 3.05) is 14.1 Å². The number of rotatable bonds is 5. The summed E-state index contributed by atoms with van der Waals surface area (Å²) in [6.07, 6.45) is 1.85. The smallest absolute Gasteiger partial charge is 0.284 e. The fraction of sp³-hybridized carbons (Fsp3) is 0.462. The maximum atomic E-state index is 11.6. The Balaban J connectivity index is 2.57. The molecule has 0 aliphatic rings. The van der Waals surface area contributed by atoms with Gasteiger partial charge < -0.3 is 9.64 Å². The molecule has 0 aromatic heterocycles. The normalized spacial score (nSPS) is 11.9. The second-order valence-electron chi connectivity index (χ2n) is 3.93. The lowest BCUT2D eigenvalue weighted by Gasteiger charge is -2.19. The highest BCUT2D eigenvalue weighted by molar-refractivity contribution is 8.13. The van der Waals surface area contributed by atoms with Gasteiger partial charge in [0.25, 0.3) is 5.24 Å². The van der Waals surface area contributed by atoms with Gasteiger partial charge in [0.2, 0.25) is 0 Å². The first-order valence-electron chi connectivity index (χ1n) is 5.73. The second-order valence-corrected chi connectivity index (χ2v) is 5.04. The molecule has 0 aliphatic carbocycles. The predicted molar refractivity (Wildman–Crippen MR) is 72.4 cm³/mol. The minimum absolute atomic E-state index is 0.0272. The van der Waals surface area contributed by atoms with Gasteiger partial charge in [-0.25, -0.2) is 0 Å². The summed E-state index contributed by atoms with van der Waals surface area (Å²) < 4.78 is 5.79. The lowest BCUT2D eigenvalue weighted by atomic mass is 10.3. The highest BCUT2D eigenvalue weighted by Crippen LogP contribution is 2.23. The summed E-state index contributed by atoms with van der Waals surface area (Å²) in [5, 5.41) is 0.0272. The van der Waals surface area contributed by atoms with Crippen LogP contribution < -0.4 is 4.74 Å². The van der Waals surface area contributed by atoms with Crippen LogP contribution in [-0.2, 0) is 0 Å². The van der Waals surface area contributed by atoms with Crippen LogP contribution in [-0.4, -0.2) is 29.7 Å². The molecule has 1 amide bonds. The van der Waals surface area contributed by atoms with E-state index in [1.807, 2.05) is 30.3 Å². The topological polar surface area (TPSA) is 29.5 Å². The van der Waals surface area contributed by atoms with Crippen molar-refractivity contribution in [3.8, 4) is 5.75 Å². The molecule has 94 valence electrons. The third-order valence-corrected chi connectivity index (χ3v) is 3.29. The Bertz CT molecular complexity index is 341. The van der Waals surface area contributed by atoms with Crippen LogP contribution in [0.25, 0.3) is 0 Å².